The summed E-state index contributed by atoms with van der Waals surface area (Å²) in [5.41, 5.74) is 0.896. The molecule has 3 rings (SSSR count). The van der Waals surface area contributed by atoms with Gasteiger partial charge in [-0.1, -0.05) is 12.5 Å². The zero-order valence-electron chi connectivity index (χ0n) is 12.0. The number of pyridine rings is 1. The standard InChI is InChI=1S/C16H17FN2O2S/c17-14-6-8-15(9-7-14)22(20,21)19-11-2-1-5-16(19)13-4-3-10-18-12-13/h3-4,6-10,12,16H,1-2,5,11H2/t16-/m0/s1. The van der Waals surface area contributed by atoms with Crippen LogP contribution in [0, 0.1) is 5.82 Å². The molecule has 1 fully saturated rings. The van der Waals surface area contributed by atoms with Crippen LogP contribution in [0.5, 0.6) is 0 Å². The van der Waals surface area contributed by atoms with Gasteiger partial charge >= 0.3 is 0 Å². The molecule has 22 heavy (non-hydrogen) atoms. The molecule has 0 N–H and O–H groups in total. The van der Waals surface area contributed by atoms with Crippen molar-refractivity contribution in [3.05, 3.63) is 60.2 Å². The van der Waals surface area contributed by atoms with Crippen molar-refractivity contribution < 1.29 is 12.8 Å². The normalized spacial score (nSPS) is 20.0. The fraction of sp³-hybridized carbons (Fsp3) is 0.312. The SMILES string of the molecule is O=S(=O)(c1ccc(F)cc1)N1CCCC[C@H]1c1cccnc1. The van der Waals surface area contributed by atoms with Crippen LogP contribution >= 0.6 is 0 Å². The van der Waals surface area contributed by atoms with Gasteiger partial charge in [-0.15, -0.1) is 0 Å². The van der Waals surface area contributed by atoms with Crippen molar-refractivity contribution in [1.82, 2.24) is 9.29 Å². The van der Waals surface area contributed by atoms with Gasteiger partial charge in [-0.3, -0.25) is 4.98 Å². The molecule has 116 valence electrons. The van der Waals surface area contributed by atoms with Gasteiger partial charge in [-0.05, 0) is 48.7 Å². The number of benzene rings is 1. The predicted octanol–water partition coefficient (Wildman–Crippen LogP) is 3.14. The lowest BCUT2D eigenvalue weighted by Gasteiger charge is -2.34. The number of rotatable bonds is 3. The number of sulfonamides is 1. The first-order valence-corrected chi connectivity index (χ1v) is 8.70. The first-order valence-electron chi connectivity index (χ1n) is 7.26. The Morgan fingerprint density at radius 1 is 1.14 bits per heavy atom. The maximum atomic E-state index is 13.0. The molecule has 0 spiro atoms. The van der Waals surface area contributed by atoms with Gasteiger partial charge in [0.25, 0.3) is 0 Å². The molecule has 6 heteroatoms. The highest BCUT2D eigenvalue weighted by atomic mass is 32.2. The van der Waals surface area contributed by atoms with Crippen LogP contribution < -0.4 is 0 Å². The lowest BCUT2D eigenvalue weighted by Crippen LogP contribution is -2.38. The van der Waals surface area contributed by atoms with Crippen molar-refractivity contribution in [2.75, 3.05) is 6.54 Å². The smallest absolute Gasteiger partial charge is 0.243 e. The lowest BCUT2D eigenvalue weighted by atomic mass is 9.99. The van der Waals surface area contributed by atoms with Crippen LogP contribution in [-0.4, -0.2) is 24.3 Å². The molecule has 1 saturated heterocycles. The summed E-state index contributed by atoms with van der Waals surface area (Å²) in [5, 5.41) is 0. The van der Waals surface area contributed by atoms with E-state index >= 15 is 0 Å². The molecule has 0 bridgehead atoms. The average Bonchev–Trinajstić information content (AvgIpc) is 2.56. The summed E-state index contributed by atoms with van der Waals surface area (Å²) >= 11 is 0. The number of piperidine rings is 1. The second kappa shape index (κ2) is 6.14. The van der Waals surface area contributed by atoms with Crippen molar-refractivity contribution in [2.45, 2.75) is 30.2 Å². The molecular formula is C16H17FN2O2S. The Bertz CT molecular complexity index is 733. The second-order valence-electron chi connectivity index (χ2n) is 5.37. The van der Waals surface area contributed by atoms with Crippen LogP contribution in [0.1, 0.15) is 30.9 Å². The lowest BCUT2D eigenvalue weighted by molar-refractivity contribution is 0.255. The molecule has 0 radical (unpaired) electrons. The van der Waals surface area contributed by atoms with Gasteiger partial charge in [0.2, 0.25) is 10.0 Å². The highest BCUT2D eigenvalue weighted by Crippen LogP contribution is 2.35. The second-order valence-corrected chi connectivity index (χ2v) is 7.26. The highest BCUT2D eigenvalue weighted by Gasteiger charge is 2.34. The number of halogens is 1. The van der Waals surface area contributed by atoms with Crippen molar-refractivity contribution in [3.63, 3.8) is 0 Å². The summed E-state index contributed by atoms with van der Waals surface area (Å²) in [6.45, 7) is 0.471. The van der Waals surface area contributed by atoms with Crippen LogP contribution in [0.2, 0.25) is 0 Å². The Morgan fingerprint density at radius 3 is 2.59 bits per heavy atom. The van der Waals surface area contributed by atoms with Crippen molar-refractivity contribution in [1.29, 1.82) is 0 Å². The van der Waals surface area contributed by atoms with Crippen molar-refractivity contribution >= 4 is 10.0 Å². The number of nitrogens with zero attached hydrogens (tertiary/aromatic N) is 2. The Morgan fingerprint density at radius 2 is 1.91 bits per heavy atom. The highest BCUT2D eigenvalue weighted by molar-refractivity contribution is 7.89. The van der Waals surface area contributed by atoms with Gasteiger partial charge in [-0.25, -0.2) is 12.8 Å². The summed E-state index contributed by atoms with van der Waals surface area (Å²) < 4.78 is 40.3. The molecule has 0 amide bonds. The van der Waals surface area contributed by atoms with E-state index in [4.69, 9.17) is 0 Å². The van der Waals surface area contributed by atoms with E-state index < -0.39 is 15.8 Å². The average molecular weight is 320 g/mol. The minimum Gasteiger partial charge on any atom is -0.264 e. The third-order valence-corrected chi connectivity index (χ3v) is 5.87. The molecule has 1 aromatic carbocycles. The third kappa shape index (κ3) is 2.89. The first-order chi connectivity index (χ1) is 10.6. The van der Waals surface area contributed by atoms with Gasteiger partial charge in [0.15, 0.2) is 0 Å². The molecule has 1 atom stereocenters. The molecule has 2 heterocycles. The van der Waals surface area contributed by atoms with Gasteiger partial charge in [0.05, 0.1) is 10.9 Å². The topological polar surface area (TPSA) is 50.3 Å². The van der Waals surface area contributed by atoms with Crippen LogP contribution in [0.25, 0.3) is 0 Å². The van der Waals surface area contributed by atoms with Crippen LogP contribution in [-0.2, 0) is 10.0 Å². The summed E-state index contributed by atoms with van der Waals surface area (Å²) in [5.74, 6) is -0.443. The van der Waals surface area contributed by atoms with Crippen LogP contribution in [0.4, 0.5) is 4.39 Å². The quantitative estimate of drug-likeness (QED) is 0.873. The summed E-state index contributed by atoms with van der Waals surface area (Å²) in [7, 11) is -3.64. The largest absolute Gasteiger partial charge is 0.264 e. The summed E-state index contributed by atoms with van der Waals surface area (Å²) in [6.07, 6.45) is 5.96. The van der Waals surface area contributed by atoms with E-state index in [1.807, 2.05) is 12.1 Å². The van der Waals surface area contributed by atoms with E-state index in [0.29, 0.717) is 6.54 Å². The van der Waals surface area contributed by atoms with E-state index in [9.17, 15) is 12.8 Å². The number of hydrogen-bond acceptors (Lipinski definition) is 3. The van der Waals surface area contributed by atoms with Crippen molar-refractivity contribution in [3.8, 4) is 0 Å². The molecule has 0 saturated carbocycles. The number of hydrogen-bond donors (Lipinski definition) is 0. The molecular weight excluding hydrogens is 303 g/mol. The Hall–Kier alpha value is -1.79. The van der Waals surface area contributed by atoms with Gasteiger partial charge < -0.3 is 0 Å². The first kappa shape index (κ1) is 15.1. The molecule has 0 aliphatic carbocycles. The number of aromatic nitrogens is 1. The van der Waals surface area contributed by atoms with E-state index in [2.05, 4.69) is 4.98 Å². The monoisotopic (exact) mass is 320 g/mol. The Kier molecular flexibility index (Phi) is 4.22. The summed E-state index contributed by atoms with van der Waals surface area (Å²) in [4.78, 5) is 4.22. The fourth-order valence-electron chi connectivity index (χ4n) is 2.84. The zero-order valence-corrected chi connectivity index (χ0v) is 12.8. The molecule has 2 aromatic rings. The third-order valence-electron chi connectivity index (χ3n) is 3.94. The maximum Gasteiger partial charge on any atom is 0.243 e. The van der Waals surface area contributed by atoms with Crippen LogP contribution in [0.3, 0.4) is 0 Å². The molecule has 4 nitrogen and oxygen atoms in total. The molecule has 1 aliphatic rings. The zero-order chi connectivity index (χ0) is 15.6. The van der Waals surface area contributed by atoms with Gasteiger partial charge in [0.1, 0.15) is 5.82 Å². The minimum atomic E-state index is -3.64. The Labute approximate surface area is 129 Å². The summed E-state index contributed by atoms with van der Waals surface area (Å²) in [6, 6.07) is 8.49. The van der Waals surface area contributed by atoms with Crippen molar-refractivity contribution in [2.24, 2.45) is 0 Å². The van der Waals surface area contributed by atoms with Gasteiger partial charge in [-0.2, -0.15) is 4.31 Å². The molecule has 0 unspecified atom stereocenters. The van der Waals surface area contributed by atoms with E-state index in [0.717, 1.165) is 24.8 Å². The van der Waals surface area contributed by atoms with Gasteiger partial charge in [0, 0.05) is 18.9 Å². The molecule has 1 aromatic heterocycles. The van der Waals surface area contributed by atoms with E-state index in [1.165, 1.54) is 28.6 Å². The minimum absolute atomic E-state index is 0.129. The van der Waals surface area contributed by atoms with Crippen LogP contribution in [0.15, 0.2) is 53.7 Å². The predicted molar refractivity (Wildman–Crippen MR) is 81.1 cm³/mol. The molecule has 1 aliphatic heterocycles. The van der Waals surface area contributed by atoms with E-state index in [-0.39, 0.29) is 10.9 Å². The maximum absolute atomic E-state index is 13.0. The fourth-order valence-corrected chi connectivity index (χ4v) is 4.52. The Balaban J connectivity index is 1.98. The van der Waals surface area contributed by atoms with E-state index in [1.54, 1.807) is 12.4 Å².